The van der Waals surface area contributed by atoms with Crippen molar-refractivity contribution >= 4 is 5.82 Å². The molecule has 1 atom stereocenters. The van der Waals surface area contributed by atoms with Crippen LogP contribution in [-0.2, 0) is 17.6 Å². The van der Waals surface area contributed by atoms with Crippen molar-refractivity contribution in [3.05, 3.63) is 35.5 Å². The minimum atomic E-state index is 0.709. The number of ether oxygens (including phenoxy) is 2. The molecular weight excluding hydrogens is 326 g/mol. The van der Waals surface area contributed by atoms with Crippen LogP contribution < -0.4 is 9.64 Å². The molecule has 1 fully saturated rings. The van der Waals surface area contributed by atoms with Crippen molar-refractivity contribution in [3.63, 3.8) is 0 Å². The molecule has 5 heteroatoms. The Kier molecular flexibility index (Phi) is 5.07. The Morgan fingerprint density at radius 1 is 1.12 bits per heavy atom. The molecule has 2 aromatic rings. The normalized spacial score (nSPS) is 20.4. The Morgan fingerprint density at radius 3 is 2.69 bits per heavy atom. The summed E-state index contributed by atoms with van der Waals surface area (Å²) in [6, 6.07) is 8.01. The summed E-state index contributed by atoms with van der Waals surface area (Å²) in [4.78, 5) is 12.4. The van der Waals surface area contributed by atoms with E-state index in [9.17, 15) is 0 Å². The van der Waals surface area contributed by atoms with Crippen LogP contribution in [0.15, 0.2) is 24.3 Å². The van der Waals surface area contributed by atoms with E-state index in [1.54, 1.807) is 7.11 Å². The number of anilines is 1. The average molecular weight is 353 g/mol. The maximum atomic E-state index is 5.71. The Morgan fingerprint density at radius 2 is 1.92 bits per heavy atom. The first kappa shape index (κ1) is 17.3. The monoisotopic (exact) mass is 353 g/mol. The second-order valence-electron chi connectivity index (χ2n) is 7.33. The molecule has 2 aliphatic heterocycles. The lowest BCUT2D eigenvalue weighted by Gasteiger charge is -2.33. The molecule has 3 heterocycles. The Balaban J connectivity index is 1.77. The van der Waals surface area contributed by atoms with Crippen LogP contribution in [0.5, 0.6) is 5.75 Å². The molecular formula is C21H27N3O2. The molecule has 26 heavy (non-hydrogen) atoms. The SMILES string of the molecule is COc1ccc(-c2nc3c(c(N4CCCC(C)C4)n2)CCOCC3)cc1. The standard InChI is InChI=1S/C21H27N3O2/c1-15-4-3-11-24(14-15)21-18-9-12-26-13-10-19(18)22-20(23-21)16-5-7-17(25-2)8-6-16/h5-8,15H,3-4,9-14H2,1-2H3. The first-order valence-electron chi connectivity index (χ1n) is 9.61. The summed E-state index contributed by atoms with van der Waals surface area (Å²) in [5.74, 6) is 3.49. The van der Waals surface area contributed by atoms with Gasteiger partial charge in [-0.05, 0) is 43.0 Å². The Hall–Kier alpha value is -2.14. The van der Waals surface area contributed by atoms with Gasteiger partial charge in [-0.3, -0.25) is 0 Å². The number of fused-ring (bicyclic) bond motifs is 1. The van der Waals surface area contributed by atoms with E-state index in [0.29, 0.717) is 5.92 Å². The van der Waals surface area contributed by atoms with Gasteiger partial charge in [-0.25, -0.2) is 9.97 Å². The molecule has 1 saturated heterocycles. The molecule has 1 aromatic heterocycles. The van der Waals surface area contributed by atoms with E-state index >= 15 is 0 Å². The number of hydrogen-bond acceptors (Lipinski definition) is 5. The zero-order chi connectivity index (χ0) is 17.9. The molecule has 0 radical (unpaired) electrons. The first-order valence-corrected chi connectivity index (χ1v) is 9.61. The van der Waals surface area contributed by atoms with Gasteiger partial charge in [-0.2, -0.15) is 0 Å². The zero-order valence-corrected chi connectivity index (χ0v) is 15.7. The van der Waals surface area contributed by atoms with Crippen molar-refractivity contribution < 1.29 is 9.47 Å². The third-order valence-corrected chi connectivity index (χ3v) is 5.36. The van der Waals surface area contributed by atoms with E-state index in [-0.39, 0.29) is 0 Å². The average Bonchev–Trinajstić information content (AvgIpc) is 2.93. The Labute approximate surface area is 155 Å². The van der Waals surface area contributed by atoms with Gasteiger partial charge in [-0.15, -0.1) is 0 Å². The van der Waals surface area contributed by atoms with Gasteiger partial charge in [0, 0.05) is 37.1 Å². The van der Waals surface area contributed by atoms with Crippen LogP contribution in [0.25, 0.3) is 11.4 Å². The highest BCUT2D eigenvalue weighted by molar-refractivity contribution is 5.62. The summed E-state index contributed by atoms with van der Waals surface area (Å²) in [6.07, 6.45) is 4.29. The third kappa shape index (κ3) is 3.54. The highest BCUT2D eigenvalue weighted by Gasteiger charge is 2.24. The van der Waals surface area contributed by atoms with Crippen LogP contribution in [-0.4, -0.2) is 43.4 Å². The van der Waals surface area contributed by atoms with E-state index in [2.05, 4.69) is 11.8 Å². The highest BCUT2D eigenvalue weighted by atomic mass is 16.5. The van der Waals surface area contributed by atoms with Crippen LogP contribution in [0.1, 0.15) is 31.0 Å². The molecule has 5 nitrogen and oxygen atoms in total. The molecule has 2 aliphatic rings. The van der Waals surface area contributed by atoms with E-state index in [1.807, 2.05) is 24.3 Å². The van der Waals surface area contributed by atoms with E-state index in [4.69, 9.17) is 19.4 Å². The van der Waals surface area contributed by atoms with Crippen molar-refractivity contribution in [1.82, 2.24) is 9.97 Å². The van der Waals surface area contributed by atoms with Gasteiger partial charge < -0.3 is 14.4 Å². The maximum Gasteiger partial charge on any atom is 0.161 e. The first-order chi connectivity index (χ1) is 12.7. The van der Waals surface area contributed by atoms with E-state index < -0.39 is 0 Å². The number of methoxy groups -OCH3 is 1. The van der Waals surface area contributed by atoms with Crippen LogP contribution in [0, 0.1) is 5.92 Å². The van der Waals surface area contributed by atoms with Gasteiger partial charge in [0.25, 0.3) is 0 Å². The van der Waals surface area contributed by atoms with Gasteiger partial charge in [0.1, 0.15) is 11.6 Å². The molecule has 0 N–H and O–H groups in total. The smallest absolute Gasteiger partial charge is 0.161 e. The summed E-state index contributed by atoms with van der Waals surface area (Å²) >= 11 is 0. The number of aromatic nitrogens is 2. The number of piperidine rings is 1. The van der Waals surface area contributed by atoms with Gasteiger partial charge in [0.05, 0.1) is 26.0 Å². The second-order valence-corrected chi connectivity index (χ2v) is 7.33. The number of nitrogens with zero attached hydrogens (tertiary/aromatic N) is 3. The number of hydrogen-bond donors (Lipinski definition) is 0. The molecule has 0 saturated carbocycles. The van der Waals surface area contributed by atoms with Crippen molar-refractivity contribution in [2.45, 2.75) is 32.6 Å². The minimum Gasteiger partial charge on any atom is -0.497 e. The van der Waals surface area contributed by atoms with Gasteiger partial charge >= 0.3 is 0 Å². The predicted molar refractivity (Wildman–Crippen MR) is 103 cm³/mol. The van der Waals surface area contributed by atoms with E-state index in [1.165, 1.54) is 18.4 Å². The minimum absolute atomic E-state index is 0.709. The lowest BCUT2D eigenvalue weighted by Crippen LogP contribution is -2.36. The summed E-state index contributed by atoms with van der Waals surface area (Å²) in [5, 5.41) is 0. The van der Waals surface area contributed by atoms with Gasteiger partial charge in [0.2, 0.25) is 0 Å². The lowest BCUT2D eigenvalue weighted by atomic mass is 9.99. The maximum absolute atomic E-state index is 5.71. The fourth-order valence-electron chi connectivity index (χ4n) is 3.94. The summed E-state index contributed by atoms with van der Waals surface area (Å²) in [7, 11) is 1.68. The van der Waals surface area contributed by atoms with Crippen molar-refractivity contribution in [2.75, 3.05) is 38.3 Å². The fraction of sp³-hybridized carbons (Fsp3) is 0.524. The Bertz CT molecular complexity index is 761. The van der Waals surface area contributed by atoms with Gasteiger partial charge in [0.15, 0.2) is 5.82 Å². The lowest BCUT2D eigenvalue weighted by molar-refractivity contribution is 0.146. The molecule has 0 amide bonds. The predicted octanol–water partition coefficient (Wildman–Crippen LogP) is 3.50. The topological polar surface area (TPSA) is 47.5 Å². The molecule has 0 spiro atoms. The van der Waals surface area contributed by atoms with Crippen molar-refractivity contribution in [1.29, 1.82) is 0 Å². The zero-order valence-electron chi connectivity index (χ0n) is 15.7. The summed E-state index contributed by atoms with van der Waals surface area (Å²) in [5.41, 5.74) is 3.47. The molecule has 138 valence electrons. The summed E-state index contributed by atoms with van der Waals surface area (Å²) < 4.78 is 11.0. The number of benzene rings is 1. The largest absolute Gasteiger partial charge is 0.497 e. The quantitative estimate of drug-likeness (QED) is 0.845. The third-order valence-electron chi connectivity index (χ3n) is 5.36. The number of rotatable bonds is 3. The second kappa shape index (κ2) is 7.62. The highest BCUT2D eigenvalue weighted by Crippen LogP contribution is 2.31. The molecule has 4 rings (SSSR count). The molecule has 1 unspecified atom stereocenters. The van der Waals surface area contributed by atoms with Gasteiger partial charge in [-0.1, -0.05) is 6.92 Å². The van der Waals surface area contributed by atoms with Crippen molar-refractivity contribution in [3.8, 4) is 17.1 Å². The van der Waals surface area contributed by atoms with Crippen LogP contribution >= 0.6 is 0 Å². The van der Waals surface area contributed by atoms with Crippen LogP contribution in [0.2, 0.25) is 0 Å². The fourth-order valence-corrected chi connectivity index (χ4v) is 3.94. The molecule has 0 bridgehead atoms. The summed E-state index contributed by atoms with van der Waals surface area (Å²) in [6.45, 7) is 5.99. The van der Waals surface area contributed by atoms with Crippen molar-refractivity contribution in [2.24, 2.45) is 5.92 Å². The molecule has 0 aliphatic carbocycles. The van der Waals surface area contributed by atoms with Crippen LogP contribution in [0.4, 0.5) is 5.82 Å². The van der Waals surface area contributed by atoms with Crippen LogP contribution in [0.3, 0.4) is 0 Å². The van der Waals surface area contributed by atoms with E-state index in [0.717, 1.165) is 67.8 Å². The molecule has 1 aromatic carbocycles.